The fourth-order valence-electron chi connectivity index (χ4n) is 3.55. The molecule has 1 fully saturated rings. The largest absolute Gasteiger partial charge is 0.381 e. The number of ether oxygens (including phenoxy) is 1. The lowest BCUT2D eigenvalue weighted by molar-refractivity contribution is 0.0594. The van der Waals surface area contributed by atoms with Crippen LogP contribution < -0.4 is 0 Å². The van der Waals surface area contributed by atoms with Gasteiger partial charge in [0.15, 0.2) is 5.82 Å². The van der Waals surface area contributed by atoms with Crippen molar-refractivity contribution in [3.63, 3.8) is 0 Å². The lowest BCUT2D eigenvalue weighted by atomic mass is 10.0. The van der Waals surface area contributed by atoms with Crippen molar-refractivity contribution in [2.75, 3.05) is 26.3 Å². The maximum atomic E-state index is 5.44. The Labute approximate surface area is 147 Å². The number of nitrogens with zero attached hydrogens (tertiary/aromatic N) is 6. The van der Waals surface area contributed by atoms with E-state index in [0.717, 1.165) is 64.5 Å². The Hall–Kier alpha value is -2.12. The van der Waals surface area contributed by atoms with Crippen molar-refractivity contribution in [3.05, 3.63) is 42.0 Å². The zero-order valence-corrected chi connectivity index (χ0v) is 14.4. The van der Waals surface area contributed by atoms with E-state index in [1.807, 2.05) is 23.1 Å². The quantitative estimate of drug-likeness (QED) is 0.826. The second kappa shape index (κ2) is 7.84. The van der Waals surface area contributed by atoms with Crippen LogP contribution in [0.25, 0.3) is 5.57 Å². The van der Waals surface area contributed by atoms with Gasteiger partial charge in [-0.1, -0.05) is 12.1 Å². The van der Waals surface area contributed by atoms with Gasteiger partial charge in [-0.05, 0) is 52.8 Å². The molecule has 132 valence electrons. The Morgan fingerprint density at radius 3 is 3.00 bits per heavy atom. The first-order chi connectivity index (χ1) is 12.4. The first kappa shape index (κ1) is 16.4. The smallest absolute Gasteiger partial charge is 0.165 e. The lowest BCUT2D eigenvalue weighted by Gasteiger charge is -2.27. The van der Waals surface area contributed by atoms with Gasteiger partial charge >= 0.3 is 0 Å². The summed E-state index contributed by atoms with van der Waals surface area (Å²) in [5, 5.41) is 12.4. The zero-order valence-electron chi connectivity index (χ0n) is 14.4. The predicted molar refractivity (Wildman–Crippen MR) is 93.5 cm³/mol. The van der Waals surface area contributed by atoms with E-state index >= 15 is 0 Å². The van der Waals surface area contributed by atoms with Crippen LogP contribution in [0.15, 0.2) is 30.6 Å². The van der Waals surface area contributed by atoms with Crippen molar-refractivity contribution >= 4 is 5.57 Å². The number of aromatic nitrogens is 5. The Balaban J connectivity index is 1.39. The fraction of sp³-hybridized carbons (Fsp3) is 0.556. The molecule has 2 aromatic rings. The van der Waals surface area contributed by atoms with Gasteiger partial charge in [0.25, 0.3) is 0 Å². The fourth-order valence-corrected chi connectivity index (χ4v) is 3.55. The average Bonchev–Trinajstić information content (AvgIpc) is 3.10. The molecule has 4 heterocycles. The normalized spacial score (nSPS) is 19.8. The highest BCUT2D eigenvalue weighted by atomic mass is 16.5. The van der Waals surface area contributed by atoms with Crippen LogP contribution in [0, 0.1) is 5.92 Å². The Kier molecular flexibility index (Phi) is 5.13. The van der Waals surface area contributed by atoms with Crippen LogP contribution in [0.4, 0.5) is 0 Å². The topological polar surface area (TPSA) is 69.0 Å². The third-order valence-corrected chi connectivity index (χ3v) is 5.01. The molecule has 0 spiro atoms. The van der Waals surface area contributed by atoms with E-state index in [9.17, 15) is 0 Å². The number of tetrazole rings is 1. The van der Waals surface area contributed by atoms with E-state index in [1.165, 1.54) is 11.1 Å². The van der Waals surface area contributed by atoms with E-state index in [1.54, 1.807) is 0 Å². The van der Waals surface area contributed by atoms with Crippen LogP contribution >= 0.6 is 0 Å². The molecule has 0 aliphatic carbocycles. The second-order valence-corrected chi connectivity index (χ2v) is 6.80. The minimum absolute atomic E-state index is 0.614. The predicted octanol–water partition coefficient (Wildman–Crippen LogP) is 1.78. The van der Waals surface area contributed by atoms with Gasteiger partial charge in [0.05, 0.1) is 6.54 Å². The van der Waals surface area contributed by atoms with Gasteiger partial charge in [-0.15, -0.1) is 5.10 Å². The highest BCUT2D eigenvalue weighted by molar-refractivity contribution is 5.66. The molecule has 7 heteroatoms. The first-order valence-electron chi connectivity index (χ1n) is 9.03. The molecule has 0 saturated carbocycles. The standard InChI is InChI=1S/C18H24N6O/c1-3-16(11-19-7-1)17-4-2-8-23(13-17)14-18-20-21-22-24(18)12-15-5-9-25-10-6-15/h1,3-4,7,11,15H,2,5-6,8-10,12-14H2. The maximum Gasteiger partial charge on any atom is 0.165 e. The molecule has 2 aromatic heterocycles. The van der Waals surface area contributed by atoms with Crippen LogP contribution in [0.5, 0.6) is 0 Å². The Bertz CT molecular complexity index is 707. The van der Waals surface area contributed by atoms with Crippen molar-refractivity contribution in [2.45, 2.75) is 32.4 Å². The van der Waals surface area contributed by atoms with Crippen LogP contribution in [-0.2, 0) is 17.8 Å². The Morgan fingerprint density at radius 1 is 1.24 bits per heavy atom. The minimum atomic E-state index is 0.614. The molecule has 7 nitrogen and oxygen atoms in total. The maximum absolute atomic E-state index is 5.44. The minimum Gasteiger partial charge on any atom is -0.381 e. The summed E-state index contributed by atoms with van der Waals surface area (Å²) in [7, 11) is 0. The second-order valence-electron chi connectivity index (χ2n) is 6.80. The van der Waals surface area contributed by atoms with E-state index < -0.39 is 0 Å². The number of hydrogen-bond donors (Lipinski definition) is 0. The summed E-state index contributed by atoms with van der Waals surface area (Å²) in [6.45, 7) is 5.34. The molecule has 2 aliphatic heterocycles. The monoisotopic (exact) mass is 340 g/mol. The van der Waals surface area contributed by atoms with Crippen molar-refractivity contribution in [1.82, 2.24) is 30.1 Å². The third kappa shape index (κ3) is 4.11. The van der Waals surface area contributed by atoms with Crippen LogP contribution in [0.2, 0.25) is 0 Å². The molecular formula is C18H24N6O. The van der Waals surface area contributed by atoms with E-state index in [2.05, 4.69) is 37.6 Å². The van der Waals surface area contributed by atoms with Crippen molar-refractivity contribution in [3.8, 4) is 0 Å². The van der Waals surface area contributed by atoms with Crippen molar-refractivity contribution < 1.29 is 4.74 Å². The molecule has 4 rings (SSSR count). The highest BCUT2D eigenvalue weighted by Gasteiger charge is 2.20. The Morgan fingerprint density at radius 2 is 2.16 bits per heavy atom. The summed E-state index contributed by atoms with van der Waals surface area (Å²) in [4.78, 5) is 6.64. The van der Waals surface area contributed by atoms with E-state index in [4.69, 9.17) is 4.74 Å². The van der Waals surface area contributed by atoms with Gasteiger partial charge in [0.1, 0.15) is 0 Å². The summed E-state index contributed by atoms with van der Waals surface area (Å²) in [6, 6.07) is 4.11. The molecule has 0 unspecified atom stereocenters. The summed E-state index contributed by atoms with van der Waals surface area (Å²) < 4.78 is 7.43. The molecule has 25 heavy (non-hydrogen) atoms. The summed E-state index contributed by atoms with van der Waals surface area (Å²) in [6.07, 6.45) is 9.30. The van der Waals surface area contributed by atoms with Crippen LogP contribution in [-0.4, -0.2) is 56.4 Å². The molecular weight excluding hydrogens is 316 g/mol. The zero-order chi connectivity index (χ0) is 16.9. The summed E-state index contributed by atoms with van der Waals surface area (Å²) in [5.74, 6) is 1.57. The van der Waals surface area contributed by atoms with Gasteiger partial charge in [-0.25, -0.2) is 4.68 Å². The molecule has 0 aromatic carbocycles. The van der Waals surface area contributed by atoms with Gasteiger partial charge in [-0.2, -0.15) is 0 Å². The first-order valence-corrected chi connectivity index (χ1v) is 9.03. The average molecular weight is 340 g/mol. The number of pyridine rings is 1. The van der Waals surface area contributed by atoms with Crippen LogP contribution in [0.1, 0.15) is 30.7 Å². The highest BCUT2D eigenvalue weighted by Crippen LogP contribution is 2.21. The molecule has 0 N–H and O–H groups in total. The molecule has 0 atom stereocenters. The molecule has 0 radical (unpaired) electrons. The molecule has 0 bridgehead atoms. The number of hydrogen-bond acceptors (Lipinski definition) is 6. The SMILES string of the molecule is C1=C(c2cccnc2)CN(Cc2nnnn2CC2CCOCC2)CC1. The molecule has 0 amide bonds. The molecule has 1 saturated heterocycles. The van der Waals surface area contributed by atoms with Crippen LogP contribution in [0.3, 0.4) is 0 Å². The third-order valence-electron chi connectivity index (χ3n) is 5.01. The number of rotatable bonds is 5. The van der Waals surface area contributed by atoms with Gasteiger partial charge in [0.2, 0.25) is 0 Å². The van der Waals surface area contributed by atoms with Gasteiger partial charge in [-0.3, -0.25) is 9.88 Å². The summed E-state index contributed by atoms with van der Waals surface area (Å²) >= 11 is 0. The summed E-state index contributed by atoms with van der Waals surface area (Å²) in [5.41, 5.74) is 2.54. The van der Waals surface area contributed by atoms with Crippen molar-refractivity contribution in [1.29, 1.82) is 0 Å². The van der Waals surface area contributed by atoms with Gasteiger partial charge < -0.3 is 4.74 Å². The van der Waals surface area contributed by atoms with Gasteiger partial charge in [0, 0.05) is 45.2 Å². The van der Waals surface area contributed by atoms with E-state index in [0.29, 0.717) is 5.92 Å². The molecule has 2 aliphatic rings. The van der Waals surface area contributed by atoms with E-state index in [-0.39, 0.29) is 0 Å². The lowest BCUT2D eigenvalue weighted by Crippen LogP contribution is -2.31. The van der Waals surface area contributed by atoms with Crippen molar-refractivity contribution in [2.24, 2.45) is 5.92 Å².